The van der Waals surface area contributed by atoms with Crippen LogP contribution in [0.1, 0.15) is 47.4 Å². The van der Waals surface area contributed by atoms with E-state index in [1.54, 1.807) is 19.1 Å². The molecule has 0 spiro atoms. The highest BCUT2D eigenvalue weighted by Crippen LogP contribution is 2.31. The van der Waals surface area contributed by atoms with Crippen LogP contribution in [0.25, 0.3) is 11.1 Å². The fraction of sp³-hybridized carbons (Fsp3) is 0.321. The molecule has 0 saturated carbocycles. The number of halogens is 3. The topological polar surface area (TPSA) is 118 Å². The van der Waals surface area contributed by atoms with Gasteiger partial charge in [-0.2, -0.15) is 0 Å². The molecule has 1 aliphatic heterocycles. The van der Waals surface area contributed by atoms with Gasteiger partial charge in [0.1, 0.15) is 17.5 Å². The summed E-state index contributed by atoms with van der Waals surface area (Å²) in [5.41, 5.74) is 6.47. The van der Waals surface area contributed by atoms with Crippen molar-refractivity contribution in [1.82, 2.24) is 15.2 Å². The lowest BCUT2D eigenvalue weighted by Crippen LogP contribution is -2.49. The van der Waals surface area contributed by atoms with Crippen LogP contribution >= 0.6 is 0 Å². The average Bonchev–Trinajstić information content (AvgIpc) is 3.38. The SMILES string of the molecule is CCOC(O)N1CCCC1C(=O)N[C@@H](Cc1cc(F)cc(F)c1)c1ncccc1-c1ccc(F)c(C(N)=O)c1. The Morgan fingerprint density at radius 1 is 1.18 bits per heavy atom. The zero-order chi connectivity index (χ0) is 28.1. The Kier molecular flexibility index (Phi) is 8.95. The third-order valence-electron chi connectivity index (χ3n) is 6.59. The van der Waals surface area contributed by atoms with Crippen LogP contribution in [-0.2, 0) is 16.0 Å². The van der Waals surface area contributed by atoms with Crippen molar-refractivity contribution in [1.29, 1.82) is 0 Å². The Hall–Kier alpha value is -3.80. The largest absolute Gasteiger partial charge is 0.366 e. The summed E-state index contributed by atoms with van der Waals surface area (Å²) in [7, 11) is 0. The smallest absolute Gasteiger partial charge is 0.251 e. The van der Waals surface area contributed by atoms with E-state index in [9.17, 15) is 27.9 Å². The zero-order valence-corrected chi connectivity index (χ0v) is 21.2. The maximum Gasteiger partial charge on any atom is 0.251 e. The van der Waals surface area contributed by atoms with E-state index in [0.717, 1.165) is 24.3 Å². The van der Waals surface area contributed by atoms with Gasteiger partial charge in [-0.15, -0.1) is 0 Å². The normalized spacial score (nSPS) is 17.1. The summed E-state index contributed by atoms with van der Waals surface area (Å²) < 4.78 is 47.5. The number of carbonyl (C=O) groups is 2. The molecule has 8 nitrogen and oxygen atoms in total. The highest BCUT2D eigenvalue weighted by Gasteiger charge is 2.36. The summed E-state index contributed by atoms with van der Waals surface area (Å²) in [5.74, 6) is -3.72. The van der Waals surface area contributed by atoms with Crippen molar-refractivity contribution in [3.05, 3.63) is 89.0 Å². The zero-order valence-electron chi connectivity index (χ0n) is 21.2. The van der Waals surface area contributed by atoms with Crippen LogP contribution in [0, 0.1) is 17.5 Å². The number of carbonyl (C=O) groups excluding carboxylic acids is 2. The second kappa shape index (κ2) is 12.4. The lowest BCUT2D eigenvalue weighted by molar-refractivity contribution is -0.196. The molecule has 0 radical (unpaired) electrons. The second-order valence-electron chi connectivity index (χ2n) is 9.22. The van der Waals surface area contributed by atoms with Gasteiger partial charge in [0.2, 0.25) is 12.3 Å². The summed E-state index contributed by atoms with van der Waals surface area (Å²) in [4.78, 5) is 31.3. The van der Waals surface area contributed by atoms with Crippen molar-refractivity contribution in [2.24, 2.45) is 5.73 Å². The first-order valence-corrected chi connectivity index (χ1v) is 12.5. The number of ether oxygens (including phenoxy) is 1. The molecule has 2 heterocycles. The lowest BCUT2D eigenvalue weighted by atomic mass is 9.94. The Balaban J connectivity index is 1.73. The van der Waals surface area contributed by atoms with E-state index in [0.29, 0.717) is 36.2 Å². The number of hydrogen-bond acceptors (Lipinski definition) is 6. The van der Waals surface area contributed by atoms with Crippen molar-refractivity contribution >= 4 is 11.8 Å². The predicted octanol–water partition coefficient (Wildman–Crippen LogP) is 3.44. The average molecular weight is 543 g/mol. The Morgan fingerprint density at radius 3 is 2.62 bits per heavy atom. The van der Waals surface area contributed by atoms with E-state index in [2.05, 4.69) is 10.3 Å². The molecule has 1 saturated heterocycles. The fourth-order valence-electron chi connectivity index (χ4n) is 4.85. The van der Waals surface area contributed by atoms with Gasteiger partial charge in [0.15, 0.2) is 0 Å². The lowest BCUT2D eigenvalue weighted by Gasteiger charge is -2.30. The van der Waals surface area contributed by atoms with Gasteiger partial charge < -0.3 is 20.9 Å². The summed E-state index contributed by atoms with van der Waals surface area (Å²) >= 11 is 0. The summed E-state index contributed by atoms with van der Waals surface area (Å²) in [5, 5.41) is 13.3. The van der Waals surface area contributed by atoms with Crippen LogP contribution in [0.5, 0.6) is 0 Å². The Morgan fingerprint density at radius 2 is 1.92 bits per heavy atom. The van der Waals surface area contributed by atoms with Crippen molar-refractivity contribution in [2.75, 3.05) is 13.2 Å². The number of nitrogens with one attached hydrogen (secondary N) is 1. The summed E-state index contributed by atoms with van der Waals surface area (Å²) in [6.45, 7) is 2.42. The van der Waals surface area contributed by atoms with Crippen molar-refractivity contribution in [2.45, 2.75) is 44.7 Å². The monoisotopic (exact) mass is 542 g/mol. The highest BCUT2D eigenvalue weighted by molar-refractivity contribution is 5.94. The van der Waals surface area contributed by atoms with Gasteiger partial charge in [-0.25, -0.2) is 18.1 Å². The number of nitrogens with zero attached hydrogens (tertiary/aromatic N) is 2. The molecule has 0 aliphatic carbocycles. The molecule has 11 heteroatoms. The number of aromatic nitrogens is 1. The Labute approximate surface area is 223 Å². The fourth-order valence-corrected chi connectivity index (χ4v) is 4.85. The molecule has 4 rings (SSSR count). The van der Waals surface area contributed by atoms with Crippen LogP contribution in [0.2, 0.25) is 0 Å². The van der Waals surface area contributed by atoms with Gasteiger partial charge in [0.25, 0.3) is 5.91 Å². The van der Waals surface area contributed by atoms with Gasteiger partial charge in [-0.05, 0) is 67.6 Å². The number of likely N-dealkylation sites (tertiary alicyclic amines) is 1. The number of aliphatic hydroxyl groups excluding tert-OH is 1. The van der Waals surface area contributed by atoms with Crippen molar-refractivity contribution in [3.8, 4) is 11.1 Å². The second-order valence-corrected chi connectivity index (χ2v) is 9.22. The molecule has 1 fully saturated rings. The van der Waals surface area contributed by atoms with E-state index in [-0.39, 0.29) is 24.2 Å². The minimum atomic E-state index is -1.26. The number of nitrogens with two attached hydrogens (primary N) is 1. The number of primary amides is 1. The third kappa shape index (κ3) is 6.62. The van der Waals surface area contributed by atoms with Crippen LogP contribution in [-0.4, -0.2) is 52.4 Å². The van der Waals surface area contributed by atoms with Crippen molar-refractivity contribution < 1.29 is 32.6 Å². The van der Waals surface area contributed by atoms with Gasteiger partial charge in [-0.1, -0.05) is 12.1 Å². The van der Waals surface area contributed by atoms with Crippen LogP contribution < -0.4 is 11.1 Å². The first-order valence-electron chi connectivity index (χ1n) is 12.5. The summed E-state index contributed by atoms with van der Waals surface area (Å²) in [6.07, 6.45) is 1.31. The third-order valence-corrected chi connectivity index (χ3v) is 6.59. The van der Waals surface area contributed by atoms with E-state index in [1.165, 1.54) is 23.2 Å². The maximum atomic E-state index is 14.2. The summed E-state index contributed by atoms with van der Waals surface area (Å²) in [6, 6.07) is 8.61. The molecule has 3 aromatic rings. The van der Waals surface area contributed by atoms with E-state index >= 15 is 0 Å². The molecule has 39 heavy (non-hydrogen) atoms. The maximum absolute atomic E-state index is 14.2. The molecule has 1 aliphatic rings. The standard InChI is InChI=1S/C28H29F3N4O4/c1-2-39-28(38)35-10-4-6-24(35)27(37)34-23(13-16-11-18(29)15-19(30)12-16)25-20(5-3-9-33-25)17-7-8-22(31)21(14-17)26(32)36/h3,5,7-9,11-12,14-15,23-24,28,38H,2,4,6,10,13H2,1H3,(H2,32,36)(H,34,37)/t23-,24?,28?/m0/s1. The van der Waals surface area contributed by atoms with E-state index in [1.807, 2.05) is 0 Å². The van der Waals surface area contributed by atoms with E-state index in [4.69, 9.17) is 10.5 Å². The molecular formula is C28H29F3N4O4. The molecule has 206 valence electrons. The minimum Gasteiger partial charge on any atom is -0.366 e. The van der Waals surface area contributed by atoms with Crippen LogP contribution in [0.15, 0.2) is 54.7 Å². The first kappa shape index (κ1) is 28.2. The van der Waals surface area contributed by atoms with Gasteiger partial charge in [0, 0.05) is 31.0 Å². The molecule has 2 unspecified atom stereocenters. The van der Waals surface area contributed by atoms with Gasteiger partial charge in [0.05, 0.1) is 23.3 Å². The number of rotatable bonds is 10. The number of amides is 2. The molecule has 4 N–H and O–H groups in total. The molecule has 0 bridgehead atoms. The highest BCUT2D eigenvalue weighted by atomic mass is 19.1. The molecule has 3 atom stereocenters. The molecule has 1 aromatic heterocycles. The van der Waals surface area contributed by atoms with Gasteiger partial charge in [-0.3, -0.25) is 14.6 Å². The quantitative estimate of drug-likeness (QED) is 0.338. The first-order chi connectivity index (χ1) is 18.7. The van der Waals surface area contributed by atoms with Crippen LogP contribution in [0.3, 0.4) is 0 Å². The number of benzene rings is 2. The number of hydrogen-bond donors (Lipinski definition) is 3. The number of aliphatic hydroxyl groups is 1. The molecule has 2 amide bonds. The van der Waals surface area contributed by atoms with Crippen LogP contribution in [0.4, 0.5) is 13.2 Å². The Bertz CT molecular complexity index is 1340. The minimum absolute atomic E-state index is 0.0327. The van der Waals surface area contributed by atoms with Crippen molar-refractivity contribution in [3.63, 3.8) is 0 Å². The molecule has 2 aromatic carbocycles. The van der Waals surface area contributed by atoms with Gasteiger partial charge >= 0.3 is 0 Å². The van der Waals surface area contributed by atoms with E-state index < -0.39 is 47.8 Å². The predicted molar refractivity (Wildman–Crippen MR) is 136 cm³/mol. The molecular weight excluding hydrogens is 513 g/mol. The number of pyridine rings is 1.